The average Bonchev–Trinajstić information content (AvgIpc) is 3.03. The van der Waals surface area contributed by atoms with E-state index in [1.165, 1.54) is 0 Å². The maximum Gasteiger partial charge on any atom is 0.240 e. The summed E-state index contributed by atoms with van der Waals surface area (Å²) in [7, 11) is -3.48. The highest BCUT2D eigenvalue weighted by Crippen LogP contribution is 2.12. The molecule has 120 valence electrons. The number of hydrogen-bond donors (Lipinski definition) is 1. The van der Waals surface area contributed by atoms with Crippen LogP contribution in [0.5, 0.6) is 0 Å². The van der Waals surface area contributed by atoms with Gasteiger partial charge in [-0.05, 0) is 37.1 Å². The zero-order valence-electron chi connectivity index (χ0n) is 12.6. The number of ether oxygens (including phenoxy) is 1. The van der Waals surface area contributed by atoms with Crippen molar-refractivity contribution in [3.63, 3.8) is 0 Å². The Bertz CT molecular complexity index is 669. The van der Waals surface area contributed by atoms with E-state index in [9.17, 15) is 8.42 Å². The molecule has 0 aliphatic rings. The molecular formula is C15H21N3O3S. The van der Waals surface area contributed by atoms with Crippen molar-refractivity contribution in [2.45, 2.75) is 31.4 Å². The van der Waals surface area contributed by atoms with Gasteiger partial charge in [-0.25, -0.2) is 13.1 Å². The van der Waals surface area contributed by atoms with Crippen molar-refractivity contribution in [3.05, 3.63) is 48.3 Å². The van der Waals surface area contributed by atoms with Gasteiger partial charge in [0.05, 0.1) is 11.5 Å². The zero-order valence-corrected chi connectivity index (χ0v) is 13.4. The normalized spacial score (nSPS) is 11.7. The molecule has 0 saturated carbocycles. The van der Waals surface area contributed by atoms with Crippen LogP contribution in [0.1, 0.15) is 18.9 Å². The second kappa shape index (κ2) is 8.07. The van der Waals surface area contributed by atoms with E-state index in [2.05, 4.69) is 9.82 Å². The molecular weight excluding hydrogens is 302 g/mol. The Morgan fingerprint density at radius 1 is 1.32 bits per heavy atom. The van der Waals surface area contributed by atoms with Crippen LogP contribution in [0.25, 0.3) is 0 Å². The van der Waals surface area contributed by atoms with E-state index in [1.54, 1.807) is 29.1 Å². The lowest BCUT2D eigenvalue weighted by molar-refractivity contribution is 0.134. The summed E-state index contributed by atoms with van der Waals surface area (Å²) in [4.78, 5) is 0.267. The Labute approximate surface area is 131 Å². The van der Waals surface area contributed by atoms with Gasteiger partial charge in [0.25, 0.3) is 0 Å². The fourth-order valence-electron chi connectivity index (χ4n) is 1.99. The highest BCUT2D eigenvalue weighted by Gasteiger charge is 2.13. The molecule has 0 saturated heterocycles. The first-order valence-electron chi connectivity index (χ1n) is 7.25. The molecule has 2 rings (SSSR count). The maximum atomic E-state index is 12.2. The van der Waals surface area contributed by atoms with E-state index < -0.39 is 10.0 Å². The molecule has 1 N–H and O–H groups in total. The number of hydrogen-bond acceptors (Lipinski definition) is 4. The van der Waals surface area contributed by atoms with Gasteiger partial charge in [0.1, 0.15) is 0 Å². The van der Waals surface area contributed by atoms with Crippen LogP contribution in [0.4, 0.5) is 0 Å². The van der Waals surface area contributed by atoms with Crippen molar-refractivity contribution in [1.29, 1.82) is 0 Å². The molecule has 6 nitrogen and oxygen atoms in total. The molecule has 22 heavy (non-hydrogen) atoms. The first-order valence-corrected chi connectivity index (χ1v) is 8.74. The summed E-state index contributed by atoms with van der Waals surface area (Å²) in [5.74, 6) is 0. The van der Waals surface area contributed by atoms with Crippen LogP contribution >= 0.6 is 0 Å². The molecule has 0 bridgehead atoms. The Kier molecular flexibility index (Phi) is 6.11. The van der Waals surface area contributed by atoms with Gasteiger partial charge in [0.2, 0.25) is 10.0 Å². The third kappa shape index (κ3) is 4.94. The second-order valence-corrected chi connectivity index (χ2v) is 6.57. The largest absolute Gasteiger partial charge is 0.377 e. The fraction of sp³-hybridized carbons (Fsp3) is 0.400. The minimum Gasteiger partial charge on any atom is -0.377 e. The summed E-state index contributed by atoms with van der Waals surface area (Å²) >= 11 is 0. The lowest BCUT2D eigenvalue weighted by Crippen LogP contribution is -2.25. The predicted octanol–water partition coefficient (Wildman–Crippen LogP) is 1.79. The van der Waals surface area contributed by atoms with E-state index in [0.717, 1.165) is 5.56 Å². The molecule has 0 spiro atoms. The van der Waals surface area contributed by atoms with Gasteiger partial charge < -0.3 is 4.74 Å². The molecule has 0 aliphatic heterocycles. The molecule has 1 heterocycles. The quantitative estimate of drug-likeness (QED) is 0.714. The van der Waals surface area contributed by atoms with Crippen LogP contribution in [0.15, 0.2) is 47.6 Å². The summed E-state index contributed by atoms with van der Waals surface area (Å²) in [5.41, 5.74) is 0.848. The number of aryl methyl sites for hydroxylation is 1. The van der Waals surface area contributed by atoms with Crippen LogP contribution in [0.3, 0.4) is 0 Å². The van der Waals surface area contributed by atoms with Gasteiger partial charge in [-0.2, -0.15) is 5.10 Å². The number of benzene rings is 1. The molecule has 0 unspecified atom stereocenters. The first kappa shape index (κ1) is 16.7. The lowest BCUT2D eigenvalue weighted by atomic mass is 10.2. The second-order valence-electron chi connectivity index (χ2n) is 4.81. The third-order valence-electron chi connectivity index (χ3n) is 3.10. The topological polar surface area (TPSA) is 73.2 Å². The fourth-order valence-corrected chi connectivity index (χ4v) is 3.13. The van der Waals surface area contributed by atoms with Gasteiger partial charge in [-0.3, -0.25) is 4.68 Å². The molecule has 0 radical (unpaired) electrons. The number of aromatic nitrogens is 2. The van der Waals surface area contributed by atoms with Crippen LogP contribution in [0.2, 0.25) is 0 Å². The van der Waals surface area contributed by atoms with E-state index in [4.69, 9.17) is 4.74 Å². The summed E-state index contributed by atoms with van der Waals surface area (Å²) in [6.45, 7) is 3.97. The van der Waals surface area contributed by atoms with Crippen LogP contribution in [-0.4, -0.2) is 31.3 Å². The number of sulfonamides is 1. The smallest absolute Gasteiger partial charge is 0.240 e. The Morgan fingerprint density at radius 3 is 2.91 bits per heavy atom. The van der Waals surface area contributed by atoms with E-state index in [1.807, 2.05) is 25.3 Å². The van der Waals surface area contributed by atoms with Gasteiger partial charge in [0.15, 0.2) is 0 Å². The highest BCUT2D eigenvalue weighted by atomic mass is 32.2. The van der Waals surface area contributed by atoms with Crippen LogP contribution in [-0.2, 0) is 27.9 Å². The van der Waals surface area contributed by atoms with Crippen LogP contribution < -0.4 is 4.72 Å². The van der Waals surface area contributed by atoms with Crippen LogP contribution in [0, 0.1) is 0 Å². The number of nitrogens with zero attached hydrogens (tertiary/aromatic N) is 2. The monoisotopic (exact) mass is 323 g/mol. The Hall–Kier alpha value is -1.70. The van der Waals surface area contributed by atoms with Crippen molar-refractivity contribution in [3.8, 4) is 0 Å². The Balaban J connectivity index is 1.89. The van der Waals surface area contributed by atoms with Gasteiger partial charge in [0, 0.05) is 32.1 Å². The van der Waals surface area contributed by atoms with Gasteiger partial charge in [-0.15, -0.1) is 0 Å². The molecule has 7 heteroatoms. The molecule has 0 aliphatic carbocycles. The highest BCUT2D eigenvalue weighted by molar-refractivity contribution is 7.89. The van der Waals surface area contributed by atoms with E-state index >= 15 is 0 Å². The summed E-state index contributed by atoms with van der Waals surface area (Å²) < 4.78 is 34.2. The van der Waals surface area contributed by atoms with Crippen molar-refractivity contribution in [2.24, 2.45) is 0 Å². The van der Waals surface area contributed by atoms with E-state index in [-0.39, 0.29) is 4.90 Å². The molecule has 0 amide bonds. The third-order valence-corrected chi connectivity index (χ3v) is 4.56. The first-order chi connectivity index (χ1) is 10.6. The Morgan fingerprint density at radius 2 is 2.18 bits per heavy atom. The van der Waals surface area contributed by atoms with E-state index in [0.29, 0.717) is 32.7 Å². The molecule has 2 aromatic rings. The van der Waals surface area contributed by atoms with Crippen molar-refractivity contribution < 1.29 is 13.2 Å². The standard InChI is InChI=1S/C15H21N3O3S/c1-2-21-13-14-6-3-7-15(12-14)22(19,20)17-9-5-11-18-10-4-8-16-18/h3-4,6-8,10,12,17H,2,5,9,11,13H2,1H3. The average molecular weight is 323 g/mol. The summed E-state index contributed by atoms with van der Waals surface area (Å²) in [6, 6.07) is 8.66. The number of nitrogens with one attached hydrogen (secondary N) is 1. The summed E-state index contributed by atoms with van der Waals surface area (Å²) in [5, 5.41) is 4.07. The maximum absolute atomic E-state index is 12.2. The minimum absolute atomic E-state index is 0.267. The zero-order chi connectivity index (χ0) is 15.8. The lowest BCUT2D eigenvalue weighted by Gasteiger charge is -2.09. The molecule has 1 aromatic heterocycles. The number of rotatable bonds is 9. The predicted molar refractivity (Wildman–Crippen MR) is 83.8 cm³/mol. The van der Waals surface area contributed by atoms with Gasteiger partial charge >= 0.3 is 0 Å². The van der Waals surface area contributed by atoms with Crippen molar-refractivity contribution in [1.82, 2.24) is 14.5 Å². The van der Waals surface area contributed by atoms with Crippen molar-refractivity contribution >= 4 is 10.0 Å². The molecule has 1 aromatic carbocycles. The van der Waals surface area contributed by atoms with Gasteiger partial charge in [-0.1, -0.05) is 12.1 Å². The SMILES string of the molecule is CCOCc1cccc(S(=O)(=O)NCCCn2cccn2)c1. The molecule has 0 atom stereocenters. The molecule has 0 fully saturated rings. The summed E-state index contributed by atoms with van der Waals surface area (Å²) in [6.07, 6.45) is 4.24. The minimum atomic E-state index is -3.48. The van der Waals surface area contributed by atoms with Crippen molar-refractivity contribution in [2.75, 3.05) is 13.2 Å².